The van der Waals surface area contributed by atoms with Crippen molar-refractivity contribution in [1.82, 2.24) is 0 Å². The maximum atomic E-state index is 10.9. The van der Waals surface area contributed by atoms with Crippen LogP contribution in [-0.2, 0) is 19.6 Å². The van der Waals surface area contributed by atoms with Crippen molar-refractivity contribution in [2.45, 2.75) is 6.92 Å². The molecule has 5 nitrogen and oxygen atoms in total. The summed E-state index contributed by atoms with van der Waals surface area (Å²) in [6.07, 6.45) is 1.35. The summed E-state index contributed by atoms with van der Waals surface area (Å²) in [5.74, 6) is -0.808. The summed E-state index contributed by atoms with van der Waals surface area (Å²) in [6.45, 7) is 4.52. The first kappa shape index (κ1) is 16.3. The Morgan fingerprint density at radius 1 is 1.64 bits per heavy atom. The molecule has 0 unspecified atom stereocenters. The smallest absolute Gasteiger partial charge is 1.00 e. The Bertz CT molecular complexity index is 335. The molecule has 14 heavy (non-hydrogen) atoms. The summed E-state index contributed by atoms with van der Waals surface area (Å²) in [4.78, 5) is 10.9. The number of carbonyl (C=O) groups excluding carboxylic acids is 1. The second kappa shape index (κ2) is 7.19. The molecule has 0 atom stereocenters. The van der Waals surface area contributed by atoms with Gasteiger partial charge in [-0.15, -0.1) is 0 Å². The Morgan fingerprint density at radius 3 is 2.50 bits per heavy atom. The van der Waals surface area contributed by atoms with Gasteiger partial charge >= 0.3 is 35.5 Å². The summed E-state index contributed by atoms with van der Waals surface area (Å²) in [5, 5.41) is 0.429. The van der Waals surface area contributed by atoms with E-state index in [9.17, 15) is 13.2 Å². The number of esters is 1. The Balaban J connectivity index is -0.000000720. The number of hydrogen-bond donors (Lipinski definition) is 1. The Morgan fingerprint density at radius 2 is 2.14 bits per heavy atom. The zero-order valence-corrected chi connectivity index (χ0v) is 10.9. The van der Waals surface area contributed by atoms with Crippen LogP contribution in [0, 0.1) is 0 Å². The molecule has 0 saturated heterocycles. The van der Waals surface area contributed by atoms with Crippen molar-refractivity contribution in [3.8, 4) is 0 Å². The van der Waals surface area contributed by atoms with E-state index in [0.29, 0.717) is 5.41 Å². The van der Waals surface area contributed by atoms with Gasteiger partial charge in [0.2, 0.25) is 0 Å². The quantitative estimate of drug-likeness (QED) is 0.192. The van der Waals surface area contributed by atoms with Crippen LogP contribution < -0.4 is 29.6 Å². The molecule has 7 heteroatoms. The number of hydrogen-bond acceptors (Lipinski definition) is 4. The average Bonchev–Trinajstić information content (AvgIpc) is 1.96. The van der Waals surface area contributed by atoms with Gasteiger partial charge in [-0.25, -0.2) is 4.79 Å². The normalized spacial score (nSPS) is 11.4. The van der Waals surface area contributed by atoms with Crippen molar-refractivity contribution < 1.29 is 53.5 Å². The van der Waals surface area contributed by atoms with Gasteiger partial charge in [-0.3, -0.25) is 4.55 Å². The van der Waals surface area contributed by atoms with Crippen molar-refractivity contribution in [2.75, 3.05) is 6.61 Å². The number of rotatable bonds is 4. The van der Waals surface area contributed by atoms with E-state index in [1.54, 1.807) is 0 Å². The zero-order chi connectivity index (χ0) is 10.5. The SMILES string of the molecule is C=CCOC(=O)C(C)=CS(=O)(=O)O.[H-].[Na+]. The van der Waals surface area contributed by atoms with Crippen LogP contribution in [0.15, 0.2) is 23.6 Å². The standard InChI is InChI=1S/C7H10O5S.Na.H/c1-3-4-12-7(8)6(2)5-13(9,10)11;;/h3,5H,1,4H2,2H3,(H,9,10,11);;/q;+1;-1. The van der Waals surface area contributed by atoms with Crippen molar-refractivity contribution in [3.05, 3.63) is 23.6 Å². The van der Waals surface area contributed by atoms with Crippen LogP contribution in [0.25, 0.3) is 0 Å². The second-order valence-electron chi connectivity index (χ2n) is 2.20. The molecule has 0 aliphatic heterocycles. The molecule has 0 aromatic rings. The van der Waals surface area contributed by atoms with E-state index in [-0.39, 0.29) is 43.2 Å². The summed E-state index contributed by atoms with van der Waals surface area (Å²) >= 11 is 0. The first-order chi connectivity index (χ1) is 5.87. The average molecular weight is 230 g/mol. The van der Waals surface area contributed by atoms with Crippen LogP contribution >= 0.6 is 0 Å². The number of ether oxygens (including phenoxy) is 1. The fourth-order valence-electron chi connectivity index (χ4n) is 0.520. The van der Waals surface area contributed by atoms with E-state index < -0.39 is 16.1 Å². The molecule has 0 bridgehead atoms. The minimum absolute atomic E-state index is 0. The van der Waals surface area contributed by atoms with Gasteiger partial charge < -0.3 is 6.16 Å². The van der Waals surface area contributed by atoms with Gasteiger partial charge in [0.25, 0.3) is 10.1 Å². The van der Waals surface area contributed by atoms with Gasteiger partial charge in [0, 0.05) is 5.57 Å². The minimum atomic E-state index is -4.28. The topological polar surface area (TPSA) is 80.7 Å². The molecule has 0 aromatic carbocycles. The van der Waals surface area contributed by atoms with Gasteiger partial charge in [0.1, 0.15) is 6.61 Å². The number of carbonyl (C=O) groups is 1. The molecule has 0 aromatic heterocycles. The molecule has 0 aliphatic rings. The van der Waals surface area contributed by atoms with Crippen LogP contribution in [-0.4, -0.2) is 25.5 Å². The van der Waals surface area contributed by atoms with Crippen molar-refractivity contribution in [3.63, 3.8) is 0 Å². The zero-order valence-electron chi connectivity index (χ0n) is 9.06. The molecule has 0 rings (SSSR count). The first-order valence-corrected chi connectivity index (χ1v) is 4.81. The Hall–Kier alpha value is -0.140. The molecular formula is C7H11NaO5S. The molecule has 0 spiro atoms. The molecule has 0 fully saturated rings. The van der Waals surface area contributed by atoms with Crippen LogP contribution in [0.3, 0.4) is 0 Å². The summed E-state index contributed by atoms with van der Waals surface area (Å²) in [7, 11) is -4.28. The largest absolute Gasteiger partial charge is 1.00 e. The molecule has 0 aliphatic carbocycles. The van der Waals surface area contributed by atoms with Crippen molar-refractivity contribution in [2.24, 2.45) is 0 Å². The fraction of sp³-hybridized carbons (Fsp3) is 0.286. The van der Waals surface area contributed by atoms with E-state index in [1.165, 1.54) is 13.0 Å². The monoisotopic (exact) mass is 230 g/mol. The third kappa shape index (κ3) is 8.46. The minimum Gasteiger partial charge on any atom is -1.00 e. The second-order valence-corrected chi connectivity index (χ2v) is 3.47. The van der Waals surface area contributed by atoms with E-state index >= 15 is 0 Å². The first-order valence-electron chi connectivity index (χ1n) is 3.30. The van der Waals surface area contributed by atoms with E-state index in [2.05, 4.69) is 11.3 Å². The molecule has 0 radical (unpaired) electrons. The van der Waals surface area contributed by atoms with E-state index in [0.717, 1.165) is 0 Å². The fourth-order valence-corrected chi connectivity index (χ4v) is 1.06. The summed E-state index contributed by atoms with van der Waals surface area (Å²) in [6, 6.07) is 0. The summed E-state index contributed by atoms with van der Waals surface area (Å²) in [5.41, 5.74) is -0.190. The molecule has 0 saturated carbocycles. The van der Waals surface area contributed by atoms with Gasteiger partial charge in [-0.1, -0.05) is 12.7 Å². The van der Waals surface area contributed by atoms with Gasteiger partial charge in [-0.2, -0.15) is 8.42 Å². The van der Waals surface area contributed by atoms with Crippen LogP contribution in [0.1, 0.15) is 8.35 Å². The molecule has 1 N–H and O–H groups in total. The maximum absolute atomic E-state index is 10.9. The van der Waals surface area contributed by atoms with E-state index in [1.807, 2.05) is 0 Å². The molecule has 0 heterocycles. The Kier molecular flexibility index (Phi) is 8.37. The van der Waals surface area contributed by atoms with Gasteiger partial charge in [-0.05, 0) is 6.92 Å². The third-order valence-electron chi connectivity index (χ3n) is 0.980. The van der Waals surface area contributed by atoms with Crippen LogP contribution in [0.5, 0.6) is 0 Å². The summed E-state index contributed by atoms with van der Waals surface area (Å²) < 4.78 is 33.4. The Labute approximate surface area is 106 Å². The van der Waals surface area contributed by atoms with Crippen molar-refractivity contribution in [1.29, 1.82) is 0 Å². The van der Waals surface area contributed by atoms with Crippen LogP contribution in [0.4, 0.5) is 0 Å². The molecular weight excluding hydrogens is 219 g/mol. The van der Waals surface area contributed by atoms with E-state index in [4.69, 9.17) is 4.55 Å². The maximum Gasteiger partial charge on any atom is 1.00 e. The predicted molar refractivity (Wildman–Crippen MR) is 47.6 cm³/mol. The van der Waals surface area contributed by atoms with Gasteiger partial charge in [0.05, 0.1) is 5.41 Å². The van der Waals surface area contributed by atoms with Gasteiger partial charge in [0.15, 0.2) is 0 Å². The molecule has 0 amide bonds. The van der Waals surface area contributed by atoms with Crippen molar-refractivity contribution >= 4 is 16.1 Å². The third-order valence-corrected chi connectivity index (χ3v) is 1.63. The predicted octanol–water partition coefficient (Wildman–Crippen LogP) is -2.38. The molecule has 76 valence electrons. The van der Waals surface area contributed by atoms with Crippen LogP contribution in [0.2, 0.25) is 0 Å².